The number of hydrogen-bond donors (Lipinski definition) is 1. The molecule has 0 aliphatic rings. The second kappa shape index (κ2) is 6.92. The Labute approximate surface area is 106 Å². The molecule has 0 fully saturated rings. The number of thiophene rings is 1. The van der Waals surface area contributed by atoms with Crippen LogP contribution in [0.4, 0.5) is 0 Å². The Hall–Kier alpha value is -0.540. The standard InChI is InChI=1S/C12H18ClNOS/c1-3-9(13)7-8-14-12(15)11-6-5-10(4-2)16-11/h5-6,9H,3-4,7-8H2,1-2H3,(H,14,15). The summed E-state index contributed by atoms with van der Waals surface area (Å²) >= 11 is 7.53. The highest BCUT2D eigenvalue weighted by Gasteiger charge is 2.08. The van der Waals surface area contributed by atoms with E-state index in [-0.39, 0.29) is 11.3 Å². The number of halogens is 1. The molecule has 0 aliphatic heterocycles. The summed E-state index contributed by atoms with van der Waals surface area (Å²) in [7, 11) is 0. The van der Waals surface area contributed by atoms with Crippen molar-refractivity contribution < 1.29 is 4.79 Å². The first-order valence-corrected chi connectivity index (χ1v) is 6.93. The Kier molecular flexibility index (Phi) is 5.85. The van der Waals surface area contributed by atoms with Gasteiger partial charge in [0.15, 0.2) is 0 Å². The third kappa shape index (κ3) is 4.14. The van der Waals surface area contributed by atoms with Gasteiger partial charge in [-0.3, -0.25) is 4.79 Å². The maximum absolute atomic E-state index is 11.7. The van der Waals surface area contributed by atoms with E-state index in [4.69, 9.17) is 11.6 Å². The quantitative estimate of drug-likeness (QED) is 0.779. The lowest BCUT2D eigenvalue weighted by Crippen LogP contribution is -2.25. The van der Waals surface area contributed by atoms with E-state index in [0.29, 0.717) is 6.54 Å². The van der Waals surface area contributed by atoms with Gasteiger partial charge in [0, 0.05) is 16.8 Å². The third-order valence-corrected chi connectivity index (χ3v) is 4.18. The number of alkyl halides is 1. The number of nitrogens with one attached hydrogen (secondary N) is 1. The van der Waals surface area contributed by atoms with Crippen molar-refractivity contribution in [2.24, 2.45) is 0 Å². The fraction of sp³-hybridized carbons (Fsp3) is 0.583. The van der Waals surface area contributed by atoms with Crippen molar-refractivity contribution in [1.82, 2.24) is 5.32 Å². The molecule has 1 rings (SSSR count). The molecule has 90 valence electrons. The lowest BCUT2D eigenvalue weighted by atomic mass is 10.2. The molecular formula is C12H18ClNOS. The van der Waals surface area contributed by atoms with Gasteiger partial charge in [-0.2, -0.15) is 0 Å². The monoisotopic (exact) mass is 259 g/mol. The average Bonchev–Trinajstić information content (AvgIpc) is 2.77. The van der Waals surface area contributed by atoms with Gasteiger partial charge in [0.25, 0.3) is 5.91 Å². The molecule has 0 saturated carbocycles. The minimum atomic E-state index is 0.0182. The molecule has 4 heteroatoms. The van der Waals surface area contributed by atoms with Crippen LogP contribution in [0.2, 0.25) is 0 Å². The molecule has 0 saturated heterocycles. The molecule has 16 heavy (non-hydrogen) atoms. The van der Waals surface area contributed by atoms with Gasteiger partial charge in [0.05, 0.1) is 4.88 Å². The summed E-state index contributed by atoms with van der Waals surface area (Å²) in [6.07, 6.45) is 2.75. The molecule has 1 aromatic rings. The Morgan fingerprint density at radius 1 is 1.50 bits per heavy atom. The van der Waals surface area contributed by atoms with Crippen LogP contribution in [0, 0.1) is 0 Å². The highest BCUT2D eigenvalue weighted by atomic mass is 35.5. The van der Waals surface area contributed by atoms with Gasteiger partial charge in [-0.15, -0.1) is 22.9 Å². The normalized spacial score (nSPS) is 12.4. The Morgan fingerprint density at radius 2 is 2.25 bits per heavy atom. The van der Waals surface area contributed by atoms with Crippen LogP contribution < -0.4 is 5.32 Å². The fourth-order valence-electron chi connectivity index (χ4n) is 1.32. The van der Waals surface area contributed by atoms with E-state index in [1.54, 1.807) is 11.3 Å². The molecule has 0 aliphatic carbocycles. The zero-order valence-corrected chi connectivity index (χ0v) is 11.3. The van der Waals surface area contributed by atoms with E-state index in [1.807, 2.05) is 19.1 Å². The molecule has 1 atom stereocenters. The zero-order valence-electron chi connectivity index (χ0n) is 9.75. The number of carbonyl (C=O) groups excluding carboxylic acids is 1. The molecule has 0 bridgehead atoms. The SMILES string of the molecule is CCc1ccc(C(=O)NCCC(Cl)CC)s1. The highest BCUT2D eigenvalue weighted by molar-refractivity contribution is 7.14. The summed E-state index contributed by atoms with van der Waals surface area (Å²) in [6, 6.07) is 3.90. The average molecular weight is 260 g/mol. The van der Waals surface area contributed by atoms with Crippen molar-refractivity contribution in [3.63, 3.8) is 0 Å². The molecule has 0 aromatic carbocycles. The van der Waals surface area contributed by atoms with E-state index in [0.717, 1.165) is 24.1 Å². The third-order valence-electron chi connectivity index (χ3n) is 2.42. The lowest BCUT2D eigenvalue weighted by Gasteiger charge is -2.06. The Morgan fingerprint density at radius 3 is 2.81 bits per heavy atom. The van der Waals surface area contributed by atoms with Crippen LogP contribution in [-0.4, -0.2) is 17.8 Å². The van der Waals surface area contributed by atoms with Gasteiger partial charge in [-0.1, -0.05) is 13.8 Å². The molecule has 0 radical (unpaired) electrons. The predicted octanol–water partition coefficient (Wildman–Crippen LogP) is 3.45. The summed E-state index contributed by atoms with van der Waals surface area (Å²) in [5, 5.41) is 3.05. The number of amides is 1. The maximum Gasteiger partial charge on any atom is 0.261 e. The van der Waals surface area contributed by atoms with Crippen LogP contribution >= 0.6 is 22.9 Å². The summed E-state index contributed by atoms with van der Waals surface area (Å²) < 4.78 is 0. The van der Waals surface area contributed by atoms with Gasteiger partial charge in [0.2, 0.25) is 0 Å². The van der Waals surface area contributed by atoms with E-state index in [9.17, 15) is 4.79 Å². The number of rotatable bonds is 6. The van der Waals surface area contributed by atoms with Crippen molar-refractivity contribution in [3.8, 4) is 0 Å². The zero-order chi connectivity index (χ0) is 12.0. The Balaban J connectivity index is 2.35. The first-order valence-electron chi connectivity index (χ1n) is 5.68. The minimum Gasteiger partial charge on any atom is -0.351 e. The molecule has 0 spiro atoms. The number of carbonyl (C=O) groups is 1. The molecule has 1 unspecified atom stereocenters. The van der Waals surface area contributed by atoms with E-state index in [2.05, 4.69) is 12.2 Å². The second-order valence-electron chi connectivity index (χ2n) is 3.67. The van der Waals surface area contributed by atoms with Crippen LogP contribution in [0.5, 0.6) is 0 Å². The molecule has 1 N–H and O–H groups in total. The van der Waals surface area contributed by atoms with Crippen LogP contribution in [0.15, 0.2) is 12.1 Å². The van der Waals surface area contributed by atoms with Gasteiger partial charge in [-0.25, -0.2) is 0 Å². The Bertz CT molecular complexity index is 338. The van der Waals surface area contributed by atoms with Gasteiger partial charge < -0.3 is 5.32 Å². The number of aryl methyl sites for hydroxylation is 1. The molecular weight excluding hydrogens is 242 g/mol. The van der Waals surface area contributed by atoms with E-state index < -0.39 is 0 Å². The van der Waals surface area contributed by atoms with Crippen molar-refractivity contribution in [2.45, 2.75) is 38.5 Å². The number of hydrogen-bond acceptors (Lipinski definition) is 2. The van der Waals surface area contributed by atoms with Gasteiger partial charge >= 0.3 is 0 Å². The molecule has 1 aromatic heterocycles. The lowest BCUT2D eigenvalue weighted by molar-refractivity contribution is 0.0957. The smallest absolute Gasteiger partial charge is 0.261 e. The first-order chi connectivity index (χ1) is 7.67. The van der Waals surface area contributed by atoms with E-state index in [1.165, 1.54) is 4.88 Å². The van der Waals surface area contributed by atoms with Crippen molar-refractivity contribution >= 4 is 28.8 Å². The largest absolute Gasteiger partial charge is 0.351 e. The molecule has 2 nitrogen and oxygen atoms in total. The van der Waals surface area contributed by atoms with Crippen LogP contribution in [0.25, 0.3) is 0 Å². The predicted molar refractivity (Wildman–Crippen MR) is 70.6 cm³/mol. The van der Waals surface area contributed by atoms with Crippen LogP contribution in [-0.2, 0) is 6.42 Å². The summed E-state index contributed by atoms with van der Waals surface area (Å²) in [5.41, 5.74) is 0. The van der Waals surface area contributed by atoms with Gasteiger partial charge in [0.1, 0.15) is 0 Å². The fourth-order valence-corrected chi connectivity index (χ4v) is 2.30. The van der Waals surface area contributed by atoms with E-state index >= 15 is 0 Å². The van der Waals surface area contributed by atoms with Crippen molar-refractivity contribution in [1.29, 1.82) is 0 Å². The highest BCUT2D eigenvalue weighted by Crippen LogP contribution is 2.16. The minimum absolute atomic E-state index is 0.0182. The molecule has 1 heterocycles. The van der Waals surface area contributed by atoms with Crippen molar-refractivity contribution in [3.05, 3.63) is 21.9 Å². The van der Waals surface area contributed by atoms with Crippen molar-refractivity contribution in [2.75, 3.05) is 6.54 Å². The second-order valence-corrected chi connectivity index (χ2v) is 5.46. The molecule has 1 amide bonds. The van der Waals surface area contributed by atoms with Crippen LogP contribution in [0.1, 0.15) is 41.2 Å². The van der Waals surface area contributed by atoms with Gasteiger partial charge in [-0.05, 0) is 31.4 Å². The summed E-state index contributed by atoms with van der Waals surface area (Å²) in [4.78, 5) is 13.7. The maximum atomic E-state index is 11.7. The first kappa shape index (κ1) is 13.5. The van der Waals surface area contributed by atoms with Crippen LogP contribution in [0.3, 0.4) is 0 Å². The topological polar surface area (TPSA) is 29.1 Å². The summed E-state index contributed by atoms with van der Waals surface area (Å²) in [5.74, 6) is 0.0182. The summed E-state index contributed by atoms with van der Waals surface area (Å²) in [6.45, 7) is 4.79.